The summed E-state index contributed by atoms with van der Waals surface area (Å²) in [4.78, 5) is 27.1. The zero-order chi connectivity index (χ0) is 29.8. The first-order chi connectivity index (χ1) is 21.0. The molecule has 1 aliphatic heterocycles. The van der Waals surface area contributed by atoms with Gasteiger partial charge in [0.25, 0.3) is 0 Å². The van der Waals surface area contributed by atoms with Gasteiger partial charge < -0.3 is 31.4 Å². The van der Waals surface area contributed by atoms with Gasteiger partial charge in [-0.25, -0.2) is 9.97 Å². The Morgan fingerprint density at radius 3 is 2.60 bits per heavy atom. The summed E-state index contributed by atoms with van der Waals surface area (Å²) in [6.45, 7) is 1.12. The maximum absolute atomic E-state index is 13.4. The van der Waals surface area contributed by atoms with Gasteiger partial charge in [0.15, 0.2) is 0 Å². The second kappa shape index (κ2) is 12.3. The monoisotopic (exact) mass is 574 g/mol. The van der Waals surface area contributed by atoms with Gasteiger partial charge in [-0.15, -0.1) is 0 Å². The first kappa shape index (κ1) is 27.9. The number of ether oxygens (including phenoxy) is 1. The highest BCUT2D eigenvalue weighted by atomic mass is 16.5. The molecule has 10 heteroatoms. The number of para-hydroxylation sites is 2. The Morgan fingerprint density at radius 2 is 1.79 bits per heavy atom. The molecule has 218 valence electrons. The van der Waals surface area contributed by atoms with Crippen molar-refractivity contribution < 1.29 is 9.53 Å². The standard InChI is InChI=1S/C33H34N8O2/c34-27(17-22-18-37-28-11-5-4-10-26(22)28)33(42)41-16-6-7-23(19-41)40-32-29(31(36)38-20-39-32)30(35)21-12-14-25(15-13-21)43-24-8-2-1-3-9-24/h1-5,8-15,18,20,23,27,35,37H,6-7,16-17,19,34H2,(H3,36,38,39,40). The van der Waals surface area contributed by atoms with E-state index in [0.29, 0.717) is 42.2 Å². The van der Waals surface area contributed by atoms with Crippen LogP contribution in [-0.4, -0.2) is 56.6 Å². The smallest absolute Gasteiger partial charge is 0.239 e. The number of piperidine rings is 1. The van der Waals surface area contributed by atoms with Crippen molar-refractivity contribution in [3.8, 4) is 11.5 Å². The quantitative estimate of drug-likeness (QED) is 0.159. The molecule has 1 saturated heterocycles. The Balaban J connectivity index is 1.13. The number of hydrogen-bond donors (Lipinski definition) is 5. The molecular weight excluding hydrogens is 540 g/mol. The lowest BCUT2D eigenvalue weighted by molar-refractivity contribution is -0.133. The zero-order valence-electron chi connectivity index (χ0n) is 23.7. The predicted octanol–water partition coefficient (Wildman–Crippen LogP) is 4.72. The molecule has 3 aromatic carbocycles. The minimum atomic E-state index is -0.648. The molecule has 7 N–H and O–H groups in total. The molecule has 10 nitrogen and oxygen atoms in total. The SMILES string of the molecule is N=C(c1ccc(Oc2ccccc2)cc1)c1c(N)ncnc1NC1CCCN(C(=O)C(N)Cc2c[nH]c3ccccc23)C1. The molecule has 1 fully saturated rings. The third-order valence-corrected chi connectivity index (χ3v) is 7.75. The van der Waals surface area contributed by atoms with Crippen LogP contribution in [0.4, 0.5) is 11.6 Å². The Bertz CT molecular complexity index is 1740. The lowest BCUT2D eigenvalue weighted by Crippen LogP contribution is -2.51. The summed E-state index contributed by atoms with van der Waals surface area (Å²) in [6.07, 6.45) is 5.42. The Kier molecular flexibility index (Phi) is 8.01. The summed E-state index contributed by atoms with van der Waals surface area (Å²) < 4.78 is 5.89. The molecule has 0 radical (unpaired) electrons. The highest BCUT2D eigenvalue weighted by Gasteiger charge is 2.29. The molecule has 43 heavy (non-hydrogen) atoms. The van der Waals surface area contributed by atoms with E-state index in [2.05, 4.69) is 20.3 Å². The minimum absolute atomic E-state index is 0.0789. The summed E-state index contributed by atoms with van der Waals surface area (Å²) in [7, 11) is 0. The van der Waals surface area contributed by atoms with Crippen molar-refractivity contribution in [2.45, 2.75) is 31.3 Å². The lowest BCUT2D eigenvalue weighted by atomic mass is 10.00. The maximum Gasteiger partial charge on any atom is 0.239 e. The van der Waals surface area contributed by atoms with Gasteiger partial charge in [-0.2, -0.15) is 0 Å². The molecule has 6 rings (SSSR count). The number of nitrogens with two attached hydrogens (primary N) is 2. The normalized spacial score (nSPS) is 15.7. The minimum Gasteiger partial charge on any atom is -0.457 e. The van der Waals surface area contributed by atoms with Gasteiger partial charge in [-0.1, -0.05) is 36.4 Å². The molecule has 3 heterocycles. The molecule has 2 aromatic heterocycles. The number of anilines is 2. The van der Waals surface area contributed by atoms with Crippen LogP contribution < -0.4 is 21.5 Å². The highest BCUT2D eigenvalue weighted by molar-refractivity contribution is 6.16. The number of nitrogens with zero attached hydrogens (tertiary/aromatic N) is 3. The summed E-state index contributed by atoms with van der Waals surface area (Å²) in [6, 6.07) is 24.0. The van der Waals surface area contributed by atoms with Gasteiger partial charge in [0.1, 0.15) is 29.5 Å². The van der Waals surface area contributed by atoms with E-state index in [4.69, 9.17) is 21.6 Å². The molecule has 1 amide bonds. The van der Waals surface area contributed by atoms with Gasteiger partial charge in [0.05, 0.1) is 17.3 Å². The van der Waals surface area contributed by atoms with Gasteiger partial charge in [0.2, 0.25) is 5.91 Å². The van der Waals surface area contributed by atoms with Crippen molar-refractivity contribution in [1.29, 1.82) is 5.41 Å². The van der Waals surface area contributed by atoms with Crippen LogP contribution in [0.15, 0.2) is 91.4 Å². The fourth-order valence-corrected chi connectivity index (χ4v) is 5.56. The van der Waals surface area contributed by atoms with Crippen LogP contribution in [0.2, 0.25) is 0 Å². The Labute approximate surface area is 249 Å². The number of nitrogen functional groups attached to an aromatic ring is 1. The third-order valence-electron chi connectivity index (χ3n) is 7.75. The fourth-order valence-electron chi connectivity index (χ4n) is 5.56. The number of aromatic nitrogens is 3. The van der Waals surface area contributed by atoms with Crippen LogP contribution in [-0.2, 0) is 11.2 Å². The van der Waals surface area contributed by atoms with Gasteiger partial charge in [-0.3, -0.25) is 10.2 Å². The van der Waals surface area contributed by atoms with Crippen LogP contribution >= 0.6 is 0 Å². The number of benzene rings is 3. The van der Waals surface area contributed by atoms with Gasteiger partial charge in [0, 0.05) is 41.8 Å². The number of fused-ring (bicyclic) bond motifs is 1. The number of carbonyl (C=O) groups is 1. The highest BCUT2D eigenvalue weighted by Crippen LogP contribution is 2.27. The molecule has 0 spiro atoms. The zero-order valence-corrected chi connectivity index (χ0v) is 23.7. The number of amides is 1. The van der Waals surface area contributed by atoms with E-state index >= 15 is 0 Å². The maximum atomic E-state index is 13.4. The molecule has 2 atom stereocenters. The number of aromatic amines is 1. The number of nitrogens with one attached hydrogen (secondary N) is 3. The van der Waals surface area contributed by atoms with Crippen molar-refractivity contribution in [3.63, 3.8) is 0 Å². The van der Waals surface area contributed by atoms with Crippen molar-refractivity contribution in [2.75, 3.05) is 24.1 Å². The summed E-state index contributed by atoms with van der Waals surface area (Å²) in [5, 5.41) is 13.5. The van der Waals surface area contributed by atoms with Crippen molar-refractivity contribution >= 4 is 34.2 Å². The number of rotatable bonds is 9. The lowest BCUT2D eigenvalue weighted by Gasteiger charge is -2.35. The molecule has 1 aliphatic rings. The van der Waals surface area contributed by atoms with Crippen molar-refractivity contribution in [1.82, 2.24) is 19.9 Å². The first-order valence-corrected chi connectivity index (χ1v) is 14.3. The van der Waals surface area contributed by atoms with Crippen LogP contribution in [0, 0.1) is 5.41 Å². The second-order valence-electron chi connectivity index (χ2n) is 10.7. The van der Waals surface area contributed by atoms with E-state index in [9.17, 15) is 4.79 Å². The van der Waals surface area contributed by atoms with Crippen LogP contribution in [0.3, 0.4) is 0 Å². The molecule has 0 saturated carbocycles. The van der Waals surface area contributed by atoms with E-state index in [1.54, 1.807) is 0 Å². The molecule has 5 aromatic rings. The topological polar surface area (TPSA) is 159 Å². The molecule has 2 unspecified atom stereocenters. The molecule has 0 aliphatic carbocycles. The molecular formula is C33H34N8O2. The van der Waals surface area contributed by atoms with Crippen molar-refractivity contribution in [3.05, 3.63) is 108 Å². The average molecular weight is 575 g/mol. The number of carbonyl (C=O) groups excluding carboxylic acids is 1. The second-order valence-corrected chi connectivity index (χ2v) is 10.7. The number of hydrogen-bond acceptors (Lipinski definition) is 8. The summed E-state index contributed by atoms with van der Waals surface area (Å²) in [5.41, 5.74) is 16.0. The van der Waals surface area contributed by atoms with E-state index in [1.165, 1.54) is 6.33 Å². The summed E-state index contributed by atoms with van der Waals surface area (Å²) >= 11 is 0. The van der Waals surface area contributed by atoms with E-state index < -0.39 is 6.04 Å². The Hall–Kier alpha value is -5.22. The largest absolute Gasteiger partial charge is 0.457 e. The average Bonchev–Trinajstić information content (AvgIpc) is 3.44. The van der Waals surface area contributed by atoms with Gasteiger partial charge in [-0.05, 0) is 67.3 Å². The van der Waals surface area contributed by atoms with Crippen molar-refractivity contribution in [2.24, 2.45) is 5.73 Å². The summed E-state index contributed by atoms with van der Waals surface area (Å²) in [5.74, 6) is 1.98. The number of likely N-dealkylation sites (tertiary alicyclic amines) is 1. The fraction of sp³-hybridized carbons (Fsp3) is 0.212. The van der Waals surface area contributed by atoms with Gasteiger partial charge >= 0.3 is 0 Å². The Morgan fingerprint density at radius 1 is 1.05 bits per heavy atom. The van der Waals surface area contributed by atoms with E-state index in [0.717, 1.165) is 35.1 Å². The van der Waals surface area contributed by atoms with Crippen LogP contribution in [0.1, 0.15) is 29.5 Å². The third kappa shape index (κ3) is 6.19. The van der Waals surface area contributed by atoms with Crippen LogP contribution in [0.5, 0.6) is 11.5 Å². The predicted molar refractivity (Wildman–Crippen MR) is 169 cm³/mol. The number of H-pyrrole nitrogens is 1. The van der Waals surface area contributed by atoms with E-state index in [-0.39, 0.29) is 23.5 Å². The van der Waals surface area contributed by atoms with E-state index in [1.807, 2.05) is 90.0 Å². The van der Waals surface area contributed by atoms with Crippen LogP contribution in [0.25, 0.3) is 10.9 Å². The molecule has 0 bridgehead atoms. The first-order valence-electron chi connectivity index (χ1n) is 14.3.